The molecule has 2 unspecified atom stereocenters. The molecule has 45 heavy (non-hydrogen) atoms. The number of aromatic carboxylic acids is 1. The summed E-state index contributed by atoms with van der Waals surface area (Å²) in [5.74, 6) is -1.30. The number of phenols is 1. The number of fused-ring (bicyclic) bond motifs is 1. The lowest BCUT2D eigenvalue weighted by Gasteiger charge is -2.18. The molecule has 0 saturated heterocycles. The number of phenolic OH excluding ortho intramolecular Hbond substituents is 1. The Morgan fingerprint density at radius 1 is 1.11 bits per heavy atom. The predicted octanol–water partition coefficient (Wildman–Crippen LogP) is 7.97. The molecule has 2 aromatic carbocycles. The molecule has 2 heterocycles. The molecule has 0 fully saturated rings. The number of carbonyl (C=O) groups excluding carboxylic acids is 1. The van der Waals surface area contributed by atoms with Gasteiger partial charge in [-0.15, -0.1) is 23.1 Å². The molecule has 0 saturated carbocycles. The fraction of sp³-hybridized carbons (Fsp3) is 0.286. The average molecular weight is 649 g/mol. The van der Waals surface area contributed by atoms with Gasteiger partial charge in [0.2, 0.25) is 5.76 Å². The third-order valence-electron chi connectivity index (χ3n) is 7.02. The van der Waals surface area contributed by atoms with Gasteiger partial charge in [-0.2, -0.15) is 0 Å². The second-order valence-corrected chi connectivity index (χ2v) is 12.6. The number of unbranched alkanes of at least 4 members (excludes halogenated alkanes) is 2. The molecule has 3 N–H and O–H groups in total. The van der Waals surface area contributed by atoms with Crippen molar-refractivity contribution in [1.29, 1.82) is 0 Å². The van der Waals surface area contributed by atoms with Gasteiger partial charge in [-0.3, -0.25) is 9.59 Å². The van der Waals surface area contributed by atoms with Crippen molar-refractivity contribution in [3.05, 3.63) is 110 Å². The van der Waals surface area contributed by atoms with E-state index in [2.05, 4.69) is 0 Å². The quantitative estimate of drug-likeness (QED) is 0.0478. The largest absolute Gasteiger partial charge is 0.507 e. The number of allylic oxidation sites excluding steroid dienone is 3. The van der Waals surface area contributed by atoms with E-state index in [-0.39, 0.29) is 27.8 Å². The normalized spacial score (nSPS) is 13.0. The zero-order valence-corrected chi connectivity index (χ0v) is 26.7. The summed E-state index contributed by atoms with van der Waals surface area (Å²) in [6, 6.07) is 13.1. The summed E-state index contributed by atoms with van der Waals surface area (Å²) in [6.45, 7) is 3.94. The van der Waals surface area contributed by atoms with Crippen LogP contribution in [0, 0.1) is 0 Å². The molecule has 8 nitrogen and oxygen atoms in total. The number of aliphatic hydroxyl groups excluding tert-OH is 1. The van der Waals surface area contributed by atoms with Gasteiger partial charge < -0.3 is 24.5 Å². The maximum atomic E-state index is 12.3. The maximum Gasteiger partial charge on any atom is 0.371 e. The van der Waals surface area contributed by atoms with Crippen LogP contribution in [-0.4, -0.2) is 38.9 Å². The van der Waals surface area contributed by atoms with Gasteiger partial charge in [0.05, 0.1) is 22.8 Å². The standard InChI is InChI=1S/C35H36O8S2/c1-3-11-26-28(17-16-24(22(2)36)33(26)38)42-18-9-7-5-4-6-8-12-32(34(39)31-13-10-19-44-31)45-23-14-15-25-27(37)21-30(35(40)41)43-29(25)20-23/h4,6,8,10,12-17,19-21,32,34,38-39H,3,5,7,9,11,18H2,1-2H3,(H,40,41)/b6-4-,12-8+. The van der Waals surface area contributed by atoms with Crippen LogP contribution in [0.2, 0.25) is 0 Å². The van der Waals surface area contributed by atoms with E-state index in [0.29, 0.717) is 34.8 Å². The van der Waals surface area contributed by atoms with E-state index in [1.54, 1.807) is 30.3 Å². The van der Waals surface area contributed by atoms with Gasteiger partial charge >= 0.3 is 5.97 Å². The Kier molecular flexibility index (Phi) is 12.2. The van der Waals surface area contributed by atoms with Crippen molar-refractivity contribution in [2.24, 2.45) is 0 Å². The number of carboxylic acids is 1. The van der Waals surface area contributed by atoms with Crippen LogP contribution < -0.4 is 10.2 Å². The van der Waals surface area contributed by atoms with Crippen molar-refractivity contribution in [1.82, 2.24) is 0 Å². The summed E-state index contributed by atoms with van der Waals surface area (Å²) in [5, 5.41) is 32.7. The lowest BCUT2D eigenvalue weighted by molar-refractivity contribution is 0.0662. The molecule has 10 heteroatoms. The number of aromatic hydroxyl groups is 1. The molecule has 0 aliphatic heterocycles. The number of thioether (sulfide) groups is 1. The molecule has 0 amide bonds. The van der Waals surface area contributed by atoms with E-state index >= 15 is 0 Å². The van der Waals surface area contributed by atoms with Gasteiger partial charge in [0.1, 0.15) is 23.2 Å². The zero-order valence-electron chi connectivity index (χ0n) is 25.1. The minimum absolute atomic E-state index is 0.0109. The summed E-state index contributed by atoms with van der Waals surface area (Å²) in [5.41, 5.74) is 0.729. The number of carboxylic acid groups (broad SMARTS) is 1. The van der Waals surface area contributed by atoms with E-state index in [4.69, 9.17) is 9.15 Å². The molecule has 0 aliphatic carbocycles. The molecule has 4 rings (SSSR count). The number of thiophene rings is 1. The molecular weight excluding hydrogens is 613 g/mol. The van der Waals surface area contributed by atoms with Crippen molar-refractivity contribution in [3.8, 4) is 11.5 Å². The second-order valence-electron chi connectivity index (χ2n) is 10.4. The first-order chi connectivity index (χ1) is 21.7. The summed E-state index contributed by atoms with van der Waals surface area (Å²) >= 11 is 2.84. The molecular formula is C35H36O8S2. The molecule has 0 bridgehead atoms. The molecule has 4 aromatic rings. The summed E-state index contributed by atoms with van der Waals surface area (Å²) < 4.78 is 11.4. The van der Waals surface area contributed by atoms with Crippen LogP contribution in [0.25, 0.3) is 11.0 Å². The Balaban J connectivity index is 1.35. The fourth-order valence-electron chi connectivity index (χ4n) is 4.73. The Morgan fingerprint density at radius 3 is 2.64 bits per heavy atom. The molecule has 0 spiro atoms. The lowest BCUT2D eigenvalue weighted by atomic mass is 10.0. The van der Waals surface area contributed by atoms with E-state index in [9.17, 15) is 29.7 Å². The van der Waals surface area contributed by atoms with E-state index in [1.165, 1.54) is 30.0 Å². The van der Waals surface area contributed by atoms with Gasteiger partial charge in [0.25, 0.3) is 0 Å². The average Bonchev–Trinajstić information content (AvgIpc) is 3.55. The third-order valence-corrected chi connectivity index (χ3v) is 9.18. The number of carbonyl (C=O) groups is 2. The van der Waals surface area contributed by atoms with Crippen LogP contribution in [0.3, 0.4) is 0 Å². The third kappa shape index (κ3) is 8.97. The predicted molar refractivity (Wildman–Crippen MR) is 178 cm³/mol. The number of ether oxygens (including phenoxy) is 1. The van der Waals surface area contributed by atoms with Crippen LogP contribution in [0.5, 0.6) is 11.5 Å². The number of ketones is 1. The number of Topliss-reactive ketones (excluding diaryl/α,β-unsaturated/α-hetero) is 1. The Morgan fingerprint density at radius 2 is 1.93 bits per heavy atom. The Bertz CT molecular complexity index is 1740. The van der Waals surface area contributed by atoms with Crippen molar-refractivity contribution >= 4 is 45.8 Å². The van der Waals surface area contributed by atoms with Crippen LogP contribution in [-0.2, 0) is 6.42 Å². The van der Waals surface area contributed by atoms with Gasteiger partial charge in [-0.1, -0.05) is 43.7 Å². The van der Waals surface area contributed by atoms with Crippen LogP contribution in [0.4, 0.5) is 0 Å². The van der Waals surface area contributed by atoms with Crippen LogP contribution in [0.15, 0.2) is 92.3 Å². The highest BCUT2D eigenvalue weighted by Crippen LogP contribution is 2.36. The highest BCUT2D eigenvalue weighted by atomic mass is 32.2. The van der Waals surface area contributed by atoms with Crippen molar-refractivity contribution in [2.45, 2.75) is 62.2 Å². The monoisotopic (exact) mass is 648 g/mol. The minimum Gasteiger partial charge on any atom is -0.507 e. The van der Waals surface area contributed by atoms with Crippen molar-refractivity contribution < 1.29 is 34.1 Å². The van der Waals surface area contributed by atoms with Crippen LogP contribution >= 0.6 is 23.1 Å². The van der Waals surface area contributed by atoms with Gasteiger partial charge in [0, 0.05) is 21.4 Å². The van der Waals surface area contributed by atoms with Gasteiger partial charge in [-0.05, 0) is 74.4 Å². The second kappa shape index (κ2) is 16.3. The topological polar surface area (TPSA) is 134 Å². The number of rotatable bonds is 16. The molecule has 2 atom stereocenters. The van der Waals surface area contributed by atoms with E-state index < -0.39 is 23.3 Å². The number of hydrogen-bond donors (Lipinski definition) is 3. The van der Waals surface area contributed by atoms with Crippen molar-refractivity contribution in [2.75, 3.05) is 6.61 Å². The van der Waals surface area contributed by atoms with Crippen LogP contribution in [0.1, 0.15) is 77.0 Å². The SMILES string of the molecule is CCCc1c(OCCCC/C=C\C=C\C(Sc2ccc3c(=O)cc(C(=O)O)oc3c2)C(O)c2cccs2)ccc(C(C)=O)c1O. The summed E-state index contributed by atoms with van der Waals surface area (Å²) in [4.78, 5) is 37.0. The molecule has 0 aliphatic rings. The first kappa shape index (κ1) is 33.8. The van der Waals surface area contributed by atoms with Gasteiger partial charge in [-0.25, -0.2) is 4.79 Å². The lowest BCUT2D eigenvalue weighted by Crippen LogP contribution is -2.11. The molecule has 236 valence electrons. The number of hydrogen-bond acceptors (Lipinski definition) is 9. The van der Waals surface area contributed by atoms with E-state index in [0.717, 1.165) is 36.6 Å². The molecule has 0 radical (unpaired) electrons. The highest BCUT2D eigenvalue weighted by Gasteiger charge is 2.21. The summed E-state index contributed by atoms with van der Waals surface area (Å²) in [7, 11) is 0. The Labute approximate surface area is 269 Å². The maximum absolute atomic E-state index is 12.3. The van der Waals surface area contributed by atoms with Gasteiger partial charge in [0.15, 0.2) is 11.2 Å². The molecule has 2 aromatic heterocycles. The summed E-state index contributed by atoms with van der Waals surface area (Å²) in [6.07, 6.45) is 11.0. The number of aliphatic hydroxyl groups is 1. The Hall–Kier alpha value is -4.12. The van der Waals surface area contributed by atoms with Crippen molar-refractivity contribution in [3.63, 3.8) is 0 Å². The first-order valence-electron chi connectivity index (χ1n) is 14.7. The van der Waals surface area contributed by atoms with E-state index in [1.807, 2.05) is 48.7 Å². The highest BCUT2D eigenvalue weighted by molar-refractivity contribution is 8.00. The fourth-order valence-corrected chi connectivity index (χ4v) is 6.65. The number of benzene rings is 2. The smallest absolute Gasteiger partial charge is 0.371 e. The zero-order chi connectivity index (χ0) is 32.3. The minimum atomic E-state index is -1.32. The first-order valence-corrected chi connectivity index (χ1v) is 16.5.